The van der Waals surface area contributed by atoms with Gasteiger partial charge >= 0.3 is 0 Å². The van der Waals surface area contributed by atoms with Gasteiger partial charge in [-0.15, -0.1) is 0 Å². The lowest BCUT2D eigenvalue weighted by atomic mass is 10.1. The number of aliphatic hydroxyl groups is 1. The summed E-state index contributed by atoms with van der Waals surface area (Å²) >= 11 is 5.80. The highest BCUT2D eigenvalue weighted by Gasteiger charge is 2.13. The van der Waals surface area contributed by atoms with E-state index in [1.165, 1.54) is 0 Å². The van der Waals surface area contributed by atoms with Crippen LogP contribution in [0.4, 0.5) is 0 Å². The minimum atomic E-state index is -0.889. The zero-order chi connectivity index (χ0) is 17.5. The molecule has 6 heteroatoms. The van der Waals surface area contributed by atoms with Crippen LogP contribution in [0.25, 0.3) is 0 Å². The largest absolute Gasteiger partial charge is 0.388 e. The number of carbonyl (C=O) groups is 2. The zero-order valence-corrected chi connectivity index (χ0v) is 14.0. The van der Waals surface area contributed by atoms with E-state index >= 15 is 0 Å². The third-order valence-electron chi connectivity index (χ3n) is 3.54. The first-order chi connectivity index (χ1) is 11.5. The predicted octanol–water partition coefficient (Wildman–Crippen LogP) is 2.44. The molecule has 0 spiro atoms. The van der Waals surface area contributed by atoms with Crippen LogP contribution < -0.4 is 10.6 Å². The second kappa shape index (κ2) is 8.47. The van der Waals surface area contributed by atoms with E-state index in [9.17, 15) is 14.7 Å². The van der Waals surface area contributed by atoms with Crippen molar-refractivity contribution in [2.75, 3.05) is 7.05 Å². The number of hydrogen-bond donors (Lipinski definition) is 3. The van der Waals surface area contributed by atoms with Crippen LogP contribution in [-0.4, -0.2) is 24.0 Å². The Morgan fingerprint density at radius 3 is 2.54 bits per heavy atom. The van der Waals surface area contributed by atoms with Crippen LogP contribution in [0, 0.1) is 0 Å². The summed E-state index contributed by atoms with van der Waals surface area (Å²) in [5.41, 5.74) is 1.98. The van der Waals surface area contributed by atoms with Crippen molar-refractivity contribution in [2.45, 2.75) is 19.1 Å². The van der Waals surface area contributed by atoms with Crippen LogP contribution in [0.3, 0.4) is 0 Å². The smallest absolute Gasteiger partial charge is 0.251 e. The van der Waals surface area contributed by atoms with E-state index in [1.54, 1.807) is 49.5 Å². The van der Waals surface area contributed by atoms with Crippen LogP contribution >= 0.6 is 11.6 Å². The number of carbonyl (C=O) groups excluding carboxylic acids is 2. The lowest BCUT2D eigenvalue weighted by Crippen LogP contribution is -2.25. The molecule has 126 valence electrons. The van der Waals surface area contributed by atoms with Gasteiger partial charge in [0.2, 0.25) is 5.91 Å². The molecule has 0 aliphatic carbocycles. The highest BCUT2D eigenvalue weighted by molar-refractivity contribution is 6.30. The van der Waals surface area contributed by atoms with Crippen molar-refractivity contribution in [3.63, 3.8) is 0 Å². The quantitative estimate of drug-likeness (QED) is 0.751. The van der Waals surface area contributed by atoms with E-state index in [-0.39, 0.29) is 24.8 Å². The summed E-state index contributed by atoms with van der Waals surface area (Å²) < 4.78 is 0. The average Bonchev–Trinajstić information content (AvgIpc) is 2.60. The summed E-state index contributed by atoms with van der Waals surface area (Å²) in [4.78, 5) is 23.6. The second-order valence-electron chi connectivity index (χ2n) is 5.33. The fourth-order valence-corrected chi connectivity index (χ4v) is 2.34. The van der Waals surface area contributed by atoms with Gasteiger partial charge in [-0.2, -0.15) is 0 Å². The van der Waals surface area contributed by atoms with Crippen molar-refractivity contribution in [3.8, 4) is 0 Å². The summed E-state index contributed by atoms with van der Waals surface area (Å²) in [6, 6.07) is 13.7. The van der Waals surface area contributed by atoms with Crippen LogP contribution in [0.2, 0.25) is 5.02 Å². The highest BCUT2D eigenvalue weighted by atomic mass is 35.5. The molecule has 1 atom stereocenters. The Morgan fingerprint density at radius 1 is 1.17 bits per heavy atom. The van der Waals surface area contributed by atoms with E-state index in [0.717, 1.165) is 5.56 Å². The van der Waals surface area contributed by atoms with E-state index in [2.05, 4.69) is 10.6 Å². The molecule has 3 N–H and O–H groups in total. The molecule has 2 amide bonds. The van der Waals surface area contributed by atoms with Crippen molar-refractivity contribution < 1.29 is 14.7 Å². The van der Waals surface area contributed by atoms with Crippen molar-refractivity contribution in [1.82, 2.24) is 10.6 Å². The molecule has 0 bridgehead atoms. The summed E-state index contributed by atoms with van der Waals surface area (Å²) in [5, 5.41) is 15.9. The van der Waals surface area contributed by atoms with Crippen molar-refractivity contribution in [1.29, 1.82) is 0 Å². The molecule has 2 rings (SSSR count). The molecule has 0 fully saturated rings. The van der Waals surface area contributed by atoms with E-state index in [1.807, 2.05) is 6.07 Å². The molecule has 1 unspecified atom stereocenters. The monoisotopic (exact) mass is 346 g/mol. The van der Waals surface area contributed by atoms with Crippen LogP contribution in [0.5, 0.6) is 0 Å². The molecule has 0 aromatic heterocycles. The predicted molar refractivity (Wildman–Crippen MR) is 92.7 cm³/mol. The fraction of sp³-hybridized carbons (Fsp3) is 0.222. The number of aliphatic hydroxyl groups excluding tert-OH is 1. The summed E-state index contributed by atoms with van der Waals surface area (Å²) in [6.45, 7) is 0.289. The number of nitrogens with one attached hydrogen (secondary N) is 2. The van der Waals surface area contributed by atoms with Crippen molar-refractivity contribution >= 4 is 23.4 Å². The minimum absolute atomic E-state index is 0.0449. The Kier molecular flexibility index (Phi) is 6.35. The SMILES string of the molecule is CNC(=O)c1cccc(CNC(=O)CC(O)c2ccc(Cl)cc2)c1. The van der Waals surface area contributed by atoms with Gasteiger partial charge < -0.3 is 15.7 Å². The van der Waals surface area contributed by atoms with Gasteiger partial charge in [-0.1, -0.05) is 35.9 Å². The Hall–Kier alpha value is -2.37. The van der Waals surface area contributed by atoms with Gasteiger partial charge in [0.15, 0.2) is 0 Å². The van der Waals surface area contributed by atoms with Crippen LogP contribution in [0.1, 0.15) is 34.0 Å². The van der Waals surface area contributed by atoms with E-state index in [4.69, 9.17) is 11.6 Å². The maximum absolute atomic E-state index is 12.0. The minimum Gasteiger partial charge on any atom is -0.388 e. The molecule has 24 heavy (non-hydrogen) atoms. The van der Waals surface area contributed by atoms with Gasteiger partial charge in [-0.05, 0) is 35.4 Å². The Labute approximate surface area is 145 Å². The molecular weight excluding hydrogens is 328 g/mol. The van der Waals surface area contributed by atoms with Crippen molar-refractivity contribution in [3.05, 3.63) is 70.2 Å². The van der Waals surface area contributed by atoms with Gasteiger partial charge in [0.1, 0.15) is 0 Å². The molecule has 0 aliphatic rings. The molecular formula is C18H19ClN2O3. The molecule has 0 aliphatic heterocycles. The van der Waals surface area contributed by atoms with Gasteiger partial charge in [-0.25, -0.2) is 0 Å². The lowest BCUT2D eigenvalue weighted by Gasteiger charge is -2.12. The molecule has 5 nitrogen and oxygen atoms in total. The summed E-state index contributed by atoms with van der Waals surface area (Å²) in [5.74, 6) is -0.455. The number of hydrogen-bond acceptors (Lipinski definition) is 3. The second-order valence-corrected chi connectivity index (χ2v) is 5.76. The third kappa shape index (κ3) is 5.08. The van der Waals surface area contributed by atoms with Gasteiger partial charge in [0.05, 0.1) is 12.5 Å². The highest BCUT2D eigenvalue weighted by Crippen LogP contribution is 2.19. The average molecular weight is 347 g/mol. The van der Waals surface area contributed by atoms with E-state index < -0.39 is 6.10 Å². The molecule has 0 heterocycles. The van der Waals surface area contributed by atoms with Gasteiger partial charge in [-0.3, -0.25) is 9.59 Å². The fourth-order valence-electron chi connectivity index (χ4n) is 2.22. The zero-order valence-electron chi connectivity index (χ0n) is 13.3. The number of rotatable bonds is 6. The first-order valence-electron chi connectivity index (χ1n) is 7.51. The van der Waals surface area contributed by atoms with Crippen LogP contribution in [0.15, 0.2) is 48.5 Å². The van der Waals surface area contributed by atoms with Crippen LogP contribution in [-0.2, 0) is 11.3 Å². The third-order valence-corrected chi connectivity index (χ3v) is 3.79. The first-order valence-corrected chi connectivity index (χ1v) is 7.88. The maximum atomic E-state index is 12.0. The molecule has 0 saturated heterocycles. The molecule has 0 radical (unpaired) electrons. The first kappa shape index (κ1) is 18.0. The molecule has 0 saturated carbocycles. The molecule has 2 aromatic rings. The Balaban J connectivity index is 1.89. The lowest BCUT2D eigenvalue weighted by molar-refractivity contribution is -0.123. The summed E-state index contributed by atoms with van der Waals surface area (Å²) in [6.07, 6.45) is -0.934. The maximum Gasteiger partial charge on any atom is 0.251 e. The Bertz CT molecular complexity index is 716. The van der Waals surface area contributed by atoms with E-state index in [0.29, 0.717) is 16.1 Å². The summed E-state index contributed by atoms with van der Waals surface area (Å²) in [7, 11) is 1.56. The topological polar surface area (TPSA) is 78.4 Å². The number of halogens is 1. The normalized spacial score (nSPS) is 11.6. The van der Waals surface area contributed by atoms with Gasteiger partial charge in [0, 0.05) is 24.2 Å². The number of amides is 2. The Morgan fingerprint density at radius 2 is 1.88 bits per heavy atom. The molecule has 2 aromatic carbocycles. The van der Waals surface area contributed by atoms with Gasteiger partial charge in [0.25, 0.3) is 5.91 Å². The van der Waals surface area contributed by atoms with Crippen molar-refractivity contribution in [2.24, 2.45) is 0 Å². The number of benzene rings is 2. The standard InChI is InChI=1S/C18H19ClN2O3/c1-20-18(24)14-4-2-3-12(9-14)11-21-17(23)10-16(22)13-5-7-15(19)8-6-13/h2-9,16,22H,10-11H2,1H3,(H,20,24)(H,21,23).